The number of aliphatic imine (C=N–C) groups is 1. The molecule has 2 rings (SSSR count). The van der Waals surface area contributed by atoms with Gasteiger partial charge in [0.15, 0.2) is 5.17 Å². The molecule has 0 amide bonds. The predicted molar refractivity (Wildman–Crippen MR) is 72.6 cm³/mol. The molecule has 5 heteroatoms. The molecule has 1 N–H and O–H groups in total. The lowest BCUT2D eigenvalue weighted by molar-refractivity contribution is 0.554. The molecule has 0 bridgehead atoms. The summed E-state index contributed by atoms with van der Waals surface area (Å²) in [5, 5.41) is 5.31. The molecular formula is C11H20N2OS2. The van der Waals surface area contributed by atoms with E-state index in [4.69, 9.17) is 0 Å². The van der Waals surface area contributed by atoms with Gasteiger partial charge in [0.05, 0.1) is 6.54 Å². The first-order valence-electron chi connectivity index (χ1n) is 6.10. The fraction of sp³-hybridized carbons (Fsp3) is 0.909. The summed E-state index contributed by atoms with van der Waals surface area (Å²) in [4.78, 5) is 4.54. The van der Waals surface area contributed by atoms with Crippen molar-refractivity contribution in [1.82, 2.24) is 5.32 Å². The standard InChI is InChI=1S/C11H20N2OS2/c1-2-3-10-8-12-11(15-10)13-9-4-6-16(14)7-5-9/h9-10H,2-8H2,1H3,(H,12,13). The van der Waals surface area contributed by atoms with Crippen molar-refractivity contribution < 1.29 is 4.21 Å². The number of hydrogen-bond donors (Lipinski definition) is 1. The van der Waals surface area contributed by atoms with Gasteiger partial charge in [0.25, 0.3) is 0 Å². The summed E-state index contributed by atoms with van der Waals surface area (Å²) in [5.74, 6) is 1.71. The van der Waals surface area contributed by atoms with E-state index < -0.39 is 10.8 Å². The zero-order chi connectivity index (χ0) is 11.4. The molecule has 2 aliphatic heterocycles. The first kappa shape index (κ1) is 12.4. The van der Waals surface area contributed by atoms with Crippen molar-refractivity contribution in [2.75, 3.05) is 18.1 Å². The molecule has 0 radical (unpaired) electrons. The molecule has 3 nitrogen and oxygen atoms in total. The van der Waals surface area contributed by atoms with E-state index in [2.05, 4.69) is 17.2 Å². The van der Waals surface area contributed by atoms with Crippen LogP contribution in [0.2, 0.25) is 0 Å². The Morgan fingerprint density at radius 3 is 2.94 bits per heavy atom. The molecule has 1 saturated heterocycles. The summed E-state index contributed by atoms with van der Waals surface area (Å²) in [6.45, 7) is 3.20. The SMILES string of the molecule is CCCC1CN=C(NC2CCS(=O)CC2)S1. The summed E-state index contributed by atoms with van der Waals surface area (Å²) in [6, 6.07) is 0.504. The van der Waals surface area contributed by atoms with Gasteiger partial charge in [-0.05, 0) is 19.3 Å². The van der Waals surface area contributed by atoms with Gasteiger partial charge in [0.1, 0.15) is 0 Å². The largest absolute Gasteiger partial charge is 0.362 e. The highest BCUT2D eigenvalue weighted by molar-refractivity contribution is 8.14. The highest BCUT2D eigenvalue weighted by Crippen LogP contribution is 2.24. The van der Waals surface area contributed by atoms with Crippen molar-refractivity contribution in [2.45, 2.75) is 43.9 Å². The second-order valence-corrected chi connectivity index (χ2v) is 7.43. The average molecular weight is 260 g/mol. The maximum Gasteiger partial charge on any atom is 0.157 e. The van der Waals surface area contributed by atoms with Crippen molar-refractivity contribution >= 4 is 27.7 Å². The Kier molecular flexibility index (Phi) is 4.70. The predicted octanol–water partition coefficient (Wildman–Crippen LogP) is 1.76. The van der Waals surface area contributed by atoms with Crippen LogP contribution in [-0.4, -0.2) is 38.7 Å². The minimum atomic E-state index is -0.561. The van der Waals surface area contributed by atoms with Gasteiger partial charge in [-0.25, -0.2) is 0 Å². The lowest BCUT2D eigenvalue weighted by atomic mass is 10.2. The Balaban J connectivity index is 1.72. The van der Waals surface area contributed by atoms with Gasteiger partial charge in [-0.2, -0.15) is 0 Å². The Morgan fingerprint density at radius 2 is 2.25 bits per heavy atom. The molecule has 0 saturated carbocycles. The maximum absolute atomic E-state index is 11.2. The van der Waals surface area contributed by atoms with Crippen molar-refractivity contribution in [3.05, 3.63) is 0 Å². The van der Waals surface area contributed by atoms with Crippen LogP contribution in [0.1, 0.15) is 32.6 Å². The number of amidine groups is 1. The van der Waals surface area contributed by atoms with Crippen LogP contribution in [0, 0.1) is 0 Å². The number of hydrogen-bond acceptors (Lipinski definition) is 4. The van der Waals surface area contributed by atoms with Crippen LogP contribution >= 0.6 is 11.8 Å². The van der Waals surface area contributed by atoms with Crippen LogP contribution in [0.3, 0.4) is 0 Å². The second-order valence-electron chi connectivity index (χ2n) is 4.44. The molecule has 92 valence electrons. The molecule has 0 aromatic carbocycles. The van der Waals surface area contributed by atoms with Crippen LogP contribution in [-0.2, 0) is 10.8 Å². The van der Waals surface area contributed by atoms with E-state index in [0.717, 1.165) is 36.1 Å². The zero-order valence-corrected chi connectivity index (χ0v) is 11.4. The zero-order valence-electron chi connectivity index (χ0n) is 9.78. The third-order valence-electron chi connectivity index (χ3n) is 3.04. The van der Waals surface area contributed by atoms with E-state index in [0.29, 0.717) is 11.3 Å². The lowest BCUT2D eigenvalue weighted by Crippen LogP contribution is -2.38. The van der Waals surface area contributed by atoms with Crippen LogP contribution < -0.4 is 5.32 Å². The Labute approximate surface area is 104 Å². The normalized spacial score (nSPS) is 34.8. The summed E-state index contributed by atoms with van der Waals surface area (Å²) >= 11 is 1.89. The van der Waals surface area contributed by atoms with Gasteiger partial charge < -0.3 is 5.32 Å². The van der Waals surface area contributed by atoms with E-state index in [1.165, 1.54) is 12.8 Å². The number of rotatable bonds is 3. The molecule has 0 aliphatic carbocycles. The second kappa shape index (κ2) is 6.05. The van der Waals surface area contributed by atoms with Crippen LogP contribution in [0.15, 0.2) is 4.99 Å². The van der Waals surface area contributed by atoms with Gasteiger partial charge in [-0.3, -0.25) is 9.20 Å². The number of nitrogens with one attached hydrogen (secondary N) is 1. The average Bonchev–Trinajstić information content (AvgIpc) is 2.70. The summed E-state index contributed by atoms with van der Waals surface area (Å²) in [7, 11) is -0.561. The molecule has 16 heavy (non-hydrogen) atoms. The Hall–Kier alpha value is -0.0300. The van der Waals surface area contributed by atoms with Crippen LogP contribution in [0.5, 0.6) is 0 Å². The molecule has 0 aromatic heterocycles. The molecule has 1 atom stereocenters. The van der Waals surface area contributed by atoms with Crippen molar-refractivity contribution in [3.63, 3.8) is 0 Å². The Bertz CT molecular complexity index is 284. The first-order valence-corrected chi connectivity index (χ1v) is 8.47. The molecule has 0 spiro atoms. The van der Waals surface area contributed by atoms with Crippen molar-refractivity contribution in [2.24, 2.45) is 4.99 Å². The maximum atomic E-state index is 11.2. The van der Waals surface area contributed by atoms with E-state index in [1.807, 2.05) is 11.8 Å². The van der Waals surface area contributed by atoms with E-state index in [9.17, 15) is 4.21 Å². The molecule has 2 aliphatic rings. The van der Waals surface area contributed by atoms with Crippen LogP contribution in [0.25, 0.3) is 0 Å². The minimum Gasteiger partial charge on any atom is -0.362 e. The van der Waals surface area contributed by atoms with E-state index in [-0.39, 0.29) is 0 Å². The smallest absolute Gasteiger partial charge is 0.157 e. The topological polar surface area (TPSA) is 41.5 Å². The minimum absolute atomic E-state index is 0.504. The molecule has 1 fully saturated rings. The molecular weight excluding hydrogens is 240 g/mol. The first-order chi connectivity index (χ1) is 7.78. The van der Waals surface area contributed by atoms with Crippen molar-refractivity contribution in [3.8, 4) is 0 Å². The van der Waals surface area contributed by atoms with Gasteiger partial charge in [0.2, 0.25) is 0 Å². The molecule has 2 heterocycles. The van der Waals surface area contributed by atoms with Crippen molar-refractivity contribution in [1.29, 1.82) is 0 Å². The quantitative estimate of drug-likeness (QED) is 0.840. The van der Waals surface area contributed by atoms with E-state index in [1.54, 1.807) is 0 Å². The highest BCUT2D eigenvalue weighted by atomic mass is 32.2. The summed E-state index contributed by atoms with van der Waals surface area (Å²) < 4.78 is 11.2. The van der Waals surface area contributed by atoms with Crippen LogP contribution in [0.4, 0.5) is 0 Å². The van der Waals surface area contributed by atoms with Gasteiger partial charge in [-0.15, -0.1) is 0 Å². The number of thioether (sulfide) groups is 1. The molecule has 1 unspecified atom stereocenters. The summed E-state index contributed by atoms with van der Waals surface area (Å²) in [5.41, 5.74) is 0. The third kappa shape index (κ3) is 3.48. The lowest BCUT2D eigenvalue weighted by Gasteiger charge is -2.23. The van der Waals surface area contributed by atoms with Gasteiger partial charge >= 0.3 is 0 Å². The highest BCUT2D eigenvalue weighted by Gasteiger charge is 2.23. The monoisotopic (exact) mass is 260 g/mol. The fourth-order valence-corrected chi connectivity index (χ4v) is 4.58. The number of nitrogens with zero attached hydrogens (tertiary/aromatic N) is 1. The fourth-order valence-electron chi connectivity index (χ4n) is 2.08. The Morgan fingerprint density at radius 1 is 1.50 bits per heavy atom. The van der Waals surface area contributed by atoms with Gasteiger partial charge in [-0.1, -0.05) is 25.1 Å². The van der Waals surface area contributed by atoms with Gasteiger partial charge in [0, 0.05) is 33.6 Å². The van der Waals surface area contributed by atoms with E-state index >= 15 is 0 Å². The molecule has 0 aromatic rings. The third-order valence-corrected chi connectivity index (χ3v) is 5.61. The summed E-state index contributed by atoms with van der Waals surface area (Å²) in [6.07, 6.45) is 4.56.